The SMILES string of the molecule is CNC.CNc1nc(NC2CCN(C3COC3)CC2F)nn2cc(F)c(-c3ccn4ncc(C=O)c4n3)c12. The molecule has 12 nitrogen and oxygen atoms in total. The van der Waals surface area contributed by atoms with Crippen LogP contribution in [0, 0.1) is 5.82 Å². The van der Waals surface area contributed by atoms with Crippen molar-refractivity contribution in [2.75, 3.05) is 58.1 Å². The largest absolute Gasteiger partial charge is 0.378 e. The van der Waals surface area contributed by atoms with E-state index in [0.29, 0.717) is 60.7 Å². The molecule has 202 valence electrons. The summed E-state index contributed by atoms with van der Waals surface area (Å²) in [5.41, 5.74) is 1.47. The maximum atomic E-state index is 15.2. The smallest absolute Gasteiger partial charge is 0.243 e. The molecule has 0 spiro atoms. The third-order valence-corrected chi connectivity index (χ3v) is 6.63. The Labute approximate surface area is 217 Å². The third kappa shape index (κ3) is 4.77. The van der Waals surface area contributed by atoms with Gasteiger partial charge in [-0.2, -0.15) is 10.1 Å². The Morgan fingerprint density at radius 3 is 2.63 bits per heavy atom. The Bertz CT molecular complexity index is 1440. The summed E-state index contributed by atoms with van der Waals surface area (Å²) in [5.74, 6) is -0.0121. The average molecular weight is 529 g/mol. The molecule has 0 bridgehead atoms. The number of carbonyl (C=O) groups excluding carboxylic acids is 1. The number of alkyl halides is 1. The van der Waals surface area contributed by atoms with E-state index in [0.717, 1.165) is 6.54 Å². The zero-order valence-corrected chi connectivity index (χ0v) is 21.4. The number of likely N-dealkylation sites (tertiary alicyclic amines) is 1. The number of fused-ring (bicyclic) bond motifs is 2. The number of ether oxygens (including phenoxy) is 1. The van der Waals surface area contributed by atoms with Gasteiger partial charge in [-0.3, -0.25) is 9.69 Å². The van der Waals surface area contributed by atoms with Crippen molar-refractivity contribution in [2.45, 2.75) is 24.7 Å². The molecule has 2 aliphatic rings. The van der Waals surface area contributed by atoms with Crippen molar-refractivity contribution in [2.24, 2.45) is 0 Å². The highest BCUT2D eigenvalue weighted by Crippen LogP contribution is 2.32. The quantitative estimate of drug-likeness (QED) is 0.317. The molecule has 0 radical (unpaired) electrons. The van der Waals surface area contributed by atoms with Crippen molar-refractivity contribution in [3.63, 3.8) is 0 Å². The molecule has 3 N–H and O–H groups in total. The van der Waals surface area contributed by atoms with Crippen molar-refractivity contribution in [3.05, 3.63) is 36.0 Å². The third-order valence-electron chi connectivity index (χ3n) is 6.63. The highest BCUT2D eigenvalue weighted by Gasteiger charge is 2.35. The monoisotopic (exact) mass is 528 g/mol. The lowest BCUT2D eigenvalue weighted by Crippen LogP contribution is -2.57. The molecule has 38 heavy (non-hydrogen) atoms. The predicted molar refractivity (Wildman–Crippen MR) is 138 cm³/mol. The molecule has 2 saturated heterocycles. The molecular weight excluding hydrogens is 498 g/mol. The molecule has 4 aromatic rings. The number of rotatable bonds is 6. The number of hydrogen-bond acceptors (Lipinski definition) is 10. The molecule has 4 aromatic heterocycles. The van der Waals surface area contributed by atoms with Gasteiger partial charge in [0.1, 0.15) is 11.7 Å². The normalized spacial score (nSPS) is 20.1. The number of piperidine rings is 1. The highest BCUT2D eigenvalue weighted by atomic mass is 19.1. The summed E-state index contributed by atoms with van der Waals surface area (Å²) >= 11 is 0. The number of halogens is 2. The summed E-state index contributed by atoms with van der Waals surface area (Å²) in [5, 5.41) is 17.3. The van der Waals surface area contributed by atoms with E-state index in [-0.39, 0.29) is 17.6 Å². The topological polar surface area (TPSA) is 126 Å². The summed E-state index contributed by atoms with van der Waals surface area (Å²) in [4.78, 5) is 22.4. The van der Waals surface area contributed by atoms with E-state index < -0.39 is 18.0 Å². The van der Waals surface area contributed by atoms with Crippen molar-refractivity contribution >= 4 is 29.2 Å². The van der Waals surface area contributed by atoms with Gasteiger partial charge >= 0.3 is 0 Å². The molecule has 2 aliphatic heterocycles. The second-order valence-electron chi connectivity index (χ2n) is 9.22. The van der Waals surface area contributed by atoms with Gasteiger partial charge in [-0.15, -0.1) is 5.10 Å². The predicted octanol–water partition coefficient (Wildman–Crippen LogP) is 1.49. The van der Waals surface area contributed by atoms with Gasteiger partial charge in [0.15, 0.2) is 23.6 Å². The molecule has 6 heterocycles. The van der Waals surface area contributed by atoms with E-state index >= 15 is 4.39 Å². The van der Waals surface area contributed by atoms with Crippen LogP contribution in [-0.2, 0) is 4.74 Å². The van der Waals surface area contributed by atoms with Crippen LogP contribution in [0.3, 0.4) is 0 Å². The Morgan fingerprint density at radius 2 is 1.97 bits per heavy atom. The number of nitrogens with zero attached hydrogens (tertiary/aromatic N) is 7. The van der Waals surface area contributed by atoms with Gasteiger partial charge in [-0.05, 0) is 26.6 Å². The van der Waals surface area contributed by atoms with Crippen LogP contribution < -0.4 is 16.0 Å². The van der Waals surface area contributed by atoms with Gasteiger partial charge in [0.2, 0.25) is 5.95 Å². The molecule has 2 fully saturated rings. The van der Waals surface area contributed by atoms with Crippen molar-refractivity contribution < 1.29 is 18.3 Å². The zero-order valence-electron chi connectivity index (χ0n) is 21.4. The first-order chi connectivity index (χ1) is 18.5. The number of carbonyl (C=O) groups is 1. The number of nitrogens with one attached hydrogen (secondary N) is 3. The first-order valence-corrected chi connectivity index (χ1v) is 12.3. The Balaban J connectivity index is 0.000000937. The number of aldehydes is 1. The van der Waals surface area contributed by atoms with Gasteiger partial charge in [0.05, 0.1) is 54.5 Å². The summed E-state index contributed by atoms with van der Waals surface area (Å²) in [6, 6.07) is 1.44. The lowest BCUT2D eigenvalue weighted by molar-refractivity contribution is -0.0794. The van der Waals surface area contributed by atoms with Crippen molar-refractivity contribution in [3.8, 4) is 11.3 Å². The van der Waals surface area contributed by atoms with Crippen LogP contribution in [0.5, 0.6) is 0 Å². The lowest BCUT2D eigenvalue weighted by Gasteiger charge is -2.42. The second kappa shape index (κ2) is 10.9. The first-order valence-electron chi connectivity index (χ1n) is 12.3. The second-order valence-corrected chi connectivity index (χ2v) is 9.22. The van der Waals surface area contributed by atoms with Gasteiger partial charge in [0, 0.05) is 26.3 Å². The van der Waals surface area contributed by atoms with Crippen LogP contribution in [0.25, 0.3) is 22.4 Å². The van der Waals surface area contributed by atoms with Crippen LogP contribution in [0.1, 0.15) is 16.8 Å². The summed E-state index contributed by atoms with van der Waals surface area (Å²) < 4.78 is 38.1. The molecule has 14 heteroatoms. The minimum Gasteiger partial charge on any atom is -0.378 e. The maximum absolute atomic E-state index is 15.2. The van der Waals surface area contributed by atoms with Crippen LogP contribution in [0.15, 0.2) is 24.7 Å². The minimum atomic E-state index is -1.10. The Kier molecular flexibility index (Phi) is 7.44. The van der Waals surface area contributed by atoms with Crippen LogP contribution in [0.4, 0.5) is 20.5 Å². The standard InChI is InChI=1S/C22H23F2N9O2.C2H7N/c1-25-20-19-18(17-3-5-32-21(27-17)12(9-34)6-26-32)15(24)8-33(19)30-22(29-20)28-16-2-4-31(7-14(16)23)13-10-35-11-13;1-3-2/h3,5-6,8-9,13-14,16H,2,4,7,10-11H2,1H3,(H2,25,28,29,30);3H,1-2H3. The fourth-order valence-electron chi connectivity index (χ4n) is 4.66. The number of hydrogen-bond donors (Lipinski definition) is 3. The molecule has 2 unspecified atom stereocenters. The summed E-state index contributed by atoms with van der Waals surface area (Å²) in [6.45, 7) is 2.37. The zero-order chi connectivity index (χ0) is 26.8. The van der Waals surface area contributed by atoms with E-state index in [1.54, 1.807) is 19.3 Å². The lowest BCUT2D eigenvalue weighted by atomic mass is 10.0. The molecule has 0 amide bonds. The Hall–Kier alpha value is -3.75. The fraction of sp³-hybridized carbons (Fsp3) is 0.458. The molecule has 0 aromatic carbocycles. The van der Waals surface area contributed by atoms with Crippen molar-refractivity contribution in [1.82, 2.24) is 39.4 Å². The molecular formula is C24H30F2N10O2. The maximum Gasteiger partial charge on any atom is 0.243 e. The molecule has 2 atom stereocenters. The minimum absolute atomic E-state index is 0.181. The van der Waals surface area contributed by atoms with Crippen molar-refractivity contribution in [1.29, 1.82) is 0 Å². The van der Waals surface area contributed by atoms with Crippen LogP contribution >= 0.6 is 0 Å². The van der Waals surface area contributed by atoms with Crippen LogP contribution in [-0.4, -0.2) is 106 Å². The molecule has 0 aliphatic carbocycles. The average Bonchev–Trinajstić information content (AvgIpc) is 3.43. The van der Waals surface area contributed by atoms with Gasteiger partial charge < -0.3 is 20.7 Å². The summed E-state index contributed by atoms with van der Waals surface area (Å²) in [7, 11) is 5.41. The molecule has 0 saturated carbocycles. The highest BCUT2D eigenvalue weighted by molar-refractivity contribution is 5.89. The van der Waals surface area contributed by atoms with E-state index in [9.17, 15) is 9.18 Å². The fourth-order valence-corrected chi connectivity index (χ4v) is 4.66. The first kappa shape index (κ1) is 25.9. The number of anilines is 2. The Morgan fingerprint density at radius 1 is 1.18 bits per heavy atom. The summed E-state index contributed by atoms with van der Waals surface area (Å²) in [6.07, 6.45) is 4.37. The van der Waals surface area contributed by atoms with E-state index in [2.05, 4.69) is 41.0 Å². The van der Waals surface area contributed by atoms with E-state index in [4.69, 9.17) is 4.74 Å². The van der Waals surface area contributed by atoms with E-state index in [1.165, 1.54) is 21.4 Å². The number of aromatic nitrogens is 6. The van der Waals surface area contributed by atoms with E-state index in [1.807, 2.05) is 14.1 Å². The van der Waals surface area contributed by atoms with Gasteiger partial charge in [0.25, 0.3) is 0 Å². The van der Waals surface area contributed by atoms with Gasteiger partial charge in [-0.1, -0.05) is 0 Å². The van der Waals surface area contributed by atoms with Gasteiger partial charge in [-0.25, -0.2) is 22.8 Å². The molecule has 6 rings (SSSR count). The van der Waals surface area contributed by atoms with Crippen LogP contribution in [0.2, 0.25) is 0 Å².